The maximum Gasteiger partial charge on any atom is 0.179 e. The molecule has 0 spiro atoms. The zero-order chi connectivity index (χ0) is 24.8. The monoisotopic (exact) mass is 469 g/mol. The Morgan fingerprint density at radius 3 is 2.15 bits per heavy atom. The van der Waals surface area contributed by atoms with Crippen LogP contribution < -0.4 is 0 Å². The third kappa shape index (κ3) is 10.2. The smallest absolute Gasteiger partial charge is 0.179 e. The van der Waals surface area contributed by atoms with Gasteiger partial charge in [0.05, 0.1) is 5.69 Å². The summed E-state index contributed by atoms with van der Waals surface area (Å²) in [5, 5.41) is 0. The van der Waals surface area contributed by atoms with Crippen LogP contribution >= 0.6 is 0 Å². The van der Waals surface area contributed by atoms with E-state index in [9.17, 15) is 9.18 Å². The minimum atomic E-state index is -0.232. The summed E-state index contributed by atoms with van der Waals surface area (Å²) in [4.78, 5) is 12.7. The van der Waals surface area contributed by atoms with Crippen LogP contribution in [0, 0.1) is 23.6 Å². The first-order valence-electron chi connectivity index (χ1n) is 13.8. The lowest BCUT2D eigenvalue weighted by molar-refractivity contribution is 0.0970. The van der Waals surface area contributed by atoms with Gasteiger partial charge in [0.25, 0.3) is 0 Å². The molecule has 0 aliphatic heterocycles. The first-order valence-corrected chi connectivity index (χ1v) is 13.8. The Kier molecular flexibility index (Phi) is 13.3. The molecule has 2 rings (SSSR count). The number of hydrogen-bond donors (Lipinski definition) is 0. The van der Waals surface area contributed by atoms with E-state index in [0.29, 0.717) is 13.0 Å². The Morgan fingerprint density at radius 1 is 0.853 bits per heavy atom. The van der Waals surface area contributed by atoms with E-state index >= 15 is 0 Å². The van der Waals surface area contributed by atoms with Gasteiger partial charge in [-0.25, -0.2) is 4.39 Å². The fraction of sp³-hybridized carbons (Fsp3) is 0.645. The van der Waals surface area contributed by atoms with Crippen molar-refractivity contribution in [2.75, 3.05) is 0 Å². The zero-order valence-corrected chi connectivity index (χ0v) is 22.2. The number of hydrogen-bond acceptors (Lipinski definition) is 1. The number of rotatable bonds is 18. The minimum Gasteiger partial charge on any atom is -0.341 e. The summed E-state index contributed by atoms with van der Waals surface area (Å²) in [6.07, 6.45) is 16.6. The average Bonchev–Trinajstić information content (AvgIpc) is 3.28. The molecule has 0 fully saturated rings. The summed E-state index contributed by atoms with van der Waals surface area (Å²) in [5.74, 6) is 2.50. The normalized spacial score (nSPS) is 13.4. The lowest BCUT2D eigenvalue weighted by Crippen LogP contribution is -2.18. The number of carbonyl (C=O) groups is 1. The molecule has 1 aromatic heterocycles. The molecule has 1 aromatic carbocycles. The molecule has 34 heavy (non-hydrogen) atoms. The van der Waals surface area contributed by atoms with Crippen LogP contribution in [0.25, 0.3) is 0 Å². The average molecular weight is 470 g/mol. The highest BCUT2D eigenvalue weighted by Crippen LogP contribution is 2.30. The van der Waals surface area contributed by atoms with Crippen molar-refractivity contribution in [3.05, 3.63) is 59.7 Å². The number of unbranched alkanes of at least 4 members (excludes halogenated alkanes) is 7. The summed E-state index contributed by atoms with van der Waals surface area (Å²) in [7, 11) is 0. The fourth-order valence-electron chi connectivity index (χ4n) is 5.28. The van der Waals surface area contributed by atoms with E-state index in [1.165, 1.54) is 69.9 Å². The van der Waals surface area contributed by atoms with Crippen molar-refractivity contribution in [2.45, 2.75) is 111 Å². The van der Waals surface area contributed by atoms with Crippen LogP contribution in [0.2, 0.25) is 0 Å². The Balaban J connectivity index is 1.58. The number of halogens is 1. The van der Waals surface area contributed by atoms with Gasteiger partial charge in [-0.2, -0.15) is 0 Å². The van der Waals surface area contributed by atoms with Crippen LogP contribution in [0.4, 0.5) is 4.39 Å². The molecule has 2 aromatic rings. The van der Waals surface area contributed by atoms with E-state index in [-0.39, 0.29) is 11.6 Å². The SMILES string of the molecule is CCCCC(C)C(CCCCCCCCCC(=O)c1cccn1Cc1ccc(F)cc1)C(C)C. The van der Waals surface area contributed by atoms with Crippen molar-refractivity contribution in [1.29, 1.82) is 0 Å². The van der Waals surface area contributed by atoms with Gasteiger partial charge in [0.2, 0.25) is 0 Å². The largest absolute Gasteiger partial charge is 0.341 e. The number of ketones is 1. The molecular formula is C31H48FNO. The predicted molar refractivity (Wildman–Crippen MR) is 143 cm³/mol. The minimum absolute atomic E-state index is 0.212. The topological polar surface area (TPSA) is 22.0 Å². The van der Waals surface area contributed by atoms with Crippen molar-refractivity contribution in [1.82, 2.24) is 4.57 Å². The lowest BCUT2D eigenvalue weighted by atomic mass is 9.78. The molecule has 0 amide bonds. The van der Waals surface area contributed by atoms with Gasteiger partial charge in [0.1, 0.15) is 5.82 Å². The van der Waals surface area contributed by atoms with Crippen LogP contribution in [0.15, 0.2) is 42.6 Å². The van der Waals surface area contributed by atoms with Gasteiger partial charge in [0.15, 0.2) is 5.78 Å². The second kappa shape index (κ2) is 15.9. The standard InChI is InChI=1S/C31H48FNO/c1-5-6-15-26(4)29(25(2)3)16-12-10-8-7-9-11-13-18-31(34)30-17-14-23-33(30)24-27-19-21-28(32)22-20-27/h14,17,19-23,25-26,29H,5-13,15-16,18,24H2,1-4H3. The molecule has 0 bridgehead atoms. The third-order valence-corrected chi connectivity index (χ3v) is 7.42. The molecular weight excluding hydrogens is 421 g/mol. The Labute approximate surface area is 208 Å². The molecule has 0 saturated carbocycles. The molecule has 2 atom stereocenters. The van der Waals surface area contributed by atoms with Gasteiger partial charge in [-0.15, -0.1) is 0 Å². The molecule has 0 N–H and O–H groups in total. The van der Waals surface area contributed by atoms with Crippen molar-refractivity contribution < 1.29 is 9.18 Å². The summed E-state index contributed by atoms with van der Waals surface area (Å²) < 4.78 is 15.1. The van der Waals surface area contributed by atoms with Gasteiger partial charge in [0, 0.05) is 19.2 Å². The number of nitrogens with zero attached hydrogens (tertiary/aromatic N) is 1. The third-order valence-electron chi connectivity index (χ3n) is 7.42. The zero-order valence-electron chi connectivity index (χ0n) is 22.2. The van der Waals surface area contributed by atoms with Gasteiger partial charge in [-0.05, 0) is 60.4 Å². The highest BCUT2D eigenvalue weighted by atomic mass is 19.1. The highest BCUT2D eigenvalue weighted by molar-refractivity contribution is 5.94. The Bertz CT molecular complexity index is 807. The van der Waals surface area contributed by atoms with Gasteiger partial charge < -0.3 is 4.57 Å². The van der Waals surface area contributed by atoms with E-state index in [0.717, 1.165) is 41.9 Å². The summed E-state index contributed by atoms with van der Waals surface area (Å²) >= 11 is 0. The number of benzene rings is 1. The summed E-state index contributed by atoms with van der Waals surface area (Å²) in [6.45, 7) is 10.1. The molecule has 3 heteroatoms. The van der Waals surface area contributed by atoms with Crippen LogP contribution in [0.5, 0.6) is 0 Å². The van der Waals surface area contributed by atoms with E-state index in [1.54, 1.807) is 12.1 Å². The van der Waals surface area contributed by atoms with Gasteiger partial charge in [-0.3, -0.25) is 4.79 Å². The maximum absolute atomic E-state index is 13.1. The Morgan fingerprint density at radius 2 is 1.50 bits per heavy atom. The van der Waals surface area contributed by atoms with Gasteiger partial charge in [-0.1, -0.05) is 97.6 Å². The molecule has 0 radical (unpaired) electrons. The van der Waals surface area contributed by atoms with Crippen molar-refractivity contribution >= 4 is 5.78 Å². The van der Waals surface area contributed by atoms with Crippen LogP contribution in [-0.2, 0) is 6.54 Å². The first kappa shape index (κ1) is 28.3. The molecule has 2 nitrogen and oxygen atoms in total. The van der Waals surface area contributed by atoms with Gasteiger partial charge >= 0.3 is 0 Å². The van der Waals surface area contributed by atoms with E-state index in [4.69, 9.17) is 0 Å². The van der Waals surface area contributed by atoms with E-state index in [2.05, 4.69) is 27.7 Å². The predicted octanol–water partition coefficient (Wildman–Crippen LogP) is 9.47. The van der Waals surface area contributed by atoms with E-state index in [1.807, 2.05) is 22.9 Å². The second-order valence-electron chi connectivity index (χ2n) is 10.6. The van der Waals surface area contributed by atoms with Crippen molar-refractivity contribution in [3.8, 4) is 0 Å². The maximum atomic E-state index is 13.1. The number of Topliss-reactive ketones (excluding diaryl/α,β-unsaturated/α-hetero) is 1. The van der Waals surface area contributed by atoms with Crippen LogP contribution in [0.3, 0.4) is 0 Å². The molecule has 0 aliphatic carbocycles. The quantitative estimate of drug-likeness (QED) is 0.157. The molecule has 0 saturated heterocycles. The highest BCUT2D eigenvalue weighted by Gasteiger charge is 2.19. The molecule has 1 heterocycles. The molecule has 0 aliphatic rings. The summed E-state index contributed by atoms with van der Waals surface area (Å²) in [6, 6.07) is 10.3. The number of carbonyl (C=O) groups excluding carboxylic acids is 1. The first-order chi connectivity index (χ1) is 16.4. The van der Waals surface area contributed by atoms with Crippen LogP contribution in [-0.4, -0.2) is 10.4 Å². The van der Waals surface area contributed by atoms with Crippen molar-refractivity contribution in [2.24, 2.45) is 17.8 Å². The van der Waals surface area contributed by atoms with E-state index < -0.39 is 0 Å². The Hall–Kier alpha value is -1.90. The fourth-order valence-corrected chi connectivity index (χ4v) is 5.28. The second-order valence-corrected chi connectivity index (χ2v) is 10.6. The van der Waals surface area contributed by atoms with Crippen molar-refractivity contribution in [3.63, 3.8) is 0 Å². The lowest BCUT2D eigenvalue weighted by Gasteiger charge is -2.27. The molecule has 190 valence electrons. The summed E-state index contributed by atoms with van der Waals surface area (Å²) in [5.41, 5.74) is 1.76. The van der Waals surface area contributed by atoms with Crippen LogP contribution in [0.1, 0.15) is 121 Å². The molecule has 2 unspecified atom stereocenters. The number of aromatic nitrogens is 1.